The number of amides is 3. The second kappa shape index (κ2) is 8.17. The summed E-state index contributed by atoms with van der Waals surface area (Å²) in [6.07, 6.45) is 4.25. The van der Waals surface area contributed by atoms with Crippen molar-refractivity contribution >= 4 is 23.7 Å². The molecule has 3 amide bonds. The van der Waals surface area contributed by atoms with Crippen LogP contribution in [0.2, 0.25) is 0 Å². The second-order valence-electron chi connectivity index (χ2n) is 9.02. The van der Waals surface area contributed by atoms with Gasteiger partial charge in [0.15, 0.2) is 0 Å². The molecule has 1 aromatic rings. The van der Waals surface area contributed by atoms with Crippen LogP contribution in [0.3, 0.4) is 0 Å². The number of thioether (sulfide) groups is 1. The monoisotopic (exact) mass is 429 g/mol. The number of nitrogens with zero attached hydrogens (tertiary/aromatic N) is 3. The quantitative estimate of drug-likeness (QED) is 0.673. The summed E-state index contributed by atoms with van der Waals surface area (Å²) in [4.78, 5) is 33.4. The fraction of sp³-hybridized carbons (Fsp3) is 0.652. The van der Waals surface area contributed by atoms with E-state index in [2.05, 4.69) is 17.0 Å². The van der Waals surface area contributed by atoms with Crippen LogP contribution in [0, 0.1) is 0 Å². The number of likely N-dealkylation sites (tertiary alicyclic amines) is 1. The molecule has 162 valence electrons. The maximum atomic E-state index is 13.8. The minimum absolute atomic E-state index is 0.0295. The molecule has 1 aromatic carbocycles. The normalized spacial score (nSPS) is 26.9. The van der Waals surface area contributed by atoms with Crippen LogP contribution in [0.1, 0.15) is 30.4 Å². The first-order valence-electron chi connectivity index (χ1n) is 11.2. The third-order valence-electron chi connectivity index (χ3n) is 7.53. The number of hydrogen-bond acceptors (Lipinski definition) is 5. The van der Waals surface area contributed by atoms with Crippen LogP contribution in [-0.2, 0) is 22.4 Å². The number of methoxy groups -OCH3 is 1. The second-order valence-corrected chi connectivity index (χ2v) is 10.2. The molecule has 0 aromatic heterocycles. The molecule has 0 saturated carbocycles. The van der Waals surface area contributed by atoms with E-state index in [0.717, 1.165) is 38.8 Å². The highest BCUT2D eigenvalue weighted by Crippen LogP contribution is 2.41. The van der Waals surface area contributed by atoms with Crippen LogP contribution in [0.15, 0.2) is 24.3 Å². The van der Waals surface area contributed by atoms with Gasteiger partial charge in [-0.05, 0) is 49.0 Å². The van der Waals surface area contributed by atoms with Gasteiger partial charge in [0, 0.05) is 44.6 Å². The van der Waals surface area contributed by atoms with Gasteiger partial charge in [0.2, 0.25) is 0 Å². The summed E-state index contributed by atoms with van der Waals surface area (Å²) in [5, 5.41) is 0. The van der Waals surface area contributed by atoms with Crippen molar-refractivity contribution in [3.63, 3.8) is 0 Å². The Kier molecular flexibility index (Phi) is 5.54. The first kappa shape index (κ1) is 20.3. The first-order valence-corrected chi connectivity index (χ1v) is 12.3. The smallest absolute Gasteiger partial charge is 0.328 e. The minimum atomic E-state index is -0.688. The van der Waals surface area contributed by atoms with E-state index in [1.807, 2.05) is 28.8 Å². The third-order valence-corrected chi connectivity index (χ3v) is 8.68. The average molecular weight is 430 g/mol. The lowest BCUT2D eigenvalue weighted by Crippen LogP contribution is -2.58. The molecule has 30 heavy (non-hydrogen) atoms. The lowest BCUT2D eigenvalue weighted by atomic mass is 9.85. The molecular weight excluding hydrogens is 398 g/mol. The number of hydrogen-bond donors (Lipinski definition) is 0. The Hall–Kier alpha value is -1.57. The van der Waals surface area contributed by atoms with Gasteiger partial charge in [0.05, 0.1) is 6.61 Å². The van der Waals surface area contributed by atoms with E-state index in [-0.39, 0.29) is 18.0 Å². The van der Waals surface area contributed by atoms with Gasteiger partial charge in [0.25, 0.3) is 5.91 Å². The molecule has 1 atom stereocenters. The summed E-state index contributed by atoms with van der Waals surface area (Å²) in [6, 6.07) is 8.79. The van der Waals surface area contributed by atoms with Crippen LogP contribution >= 0.6 is 11.8 Å². The maximum Gasteiger partial charge on any atom is 0.328 e. The Labute approximate surface area is 182 Å². The molecule has 3 heterocycles. The zero-order valence-corrected chi connectivity index (χ0v) is 18.5. The molecule has 1 unspecified atom stereocenters. The van der Waals surface area contributed by atoms with Crippen LogP contribution in [0.4, 0.5) is 4.79 Å². The molecule has 4 aliphatic rings. The van der Waals surface area contributed by atoms with Gasteiger partial charge in [-0.25, -0.2) is 4.79 Å². The lowest BCUT2D eigenvalue weighted by Gasteiger charge is -2.44. The molecular formula is C23H31N3O3S. The van der Waals surface area contributed by atoms with E-state index in [9.17, 15) is 9.59 Å². The molecule has 3 saturated heterocycles. The zero-order chi connectivity index (χ0) is 20.7. The van der Waals surface area contributed by atoms with Crippen molar-refractivity contribution in [2.24, 2.45) is 0 Å². The topological polar surface area (TPSA) is 53.1 Å². The van der Waals surface area contributed by atoms with Gasteiger partial charge in [-0.2, -0.15) is 11.8 Å². The van der Waals surface area contributed by atoms with E-state index < -0.39 is 5.54 Å². The number of benzene rings is 1. The summed E-state index contributed by atoms with van der Waals surface area (Å²) >= 11 is 2.03. The van der Waals surface area contributed by atoms with Crippen molar-refractivity contribution in [3.8, 4) is 0 Å². The van der Waals surface area contributed by atoms with Gasteiger partial charge in [-0.15, -0.1) is 0 Å². The van der Waals surface area contributed by atoms with Gasteiger partial charge in [-0.1, -0.05) is 24.3 Å². The van der Waals surface area contributed by atoms with Crippen LogP contribution in [0.5, 0.6) is 0 Å². The molecule has 0 N–H and O–H groups in total. The Morgan fingerprint density at radius 3 is 2.40 bits per heavy atom. The van der Waals surface area contributed by atoms with Crippen molar-refractivity contribution in [1.82, 2.24) is 14.7 Å². The molecule has 0 bridgehead atoms. The van der Waals surface area contributed by atoms with Gasteiger partial charge < -0.3 is 9.64 Å². The summed E-state index contributed by atoms with van der Waals surface area (Å²) in [5.74, 6) is 2.46. The number of carbonyl (C=O) groups excluding carboxylic acids is 2. The molecule has 6 nitrogen and oxygen atoms in total. The van der Waals surface area contributed by atoms with E-state index in [1.165, 1.54) is 29.1 Å². The van der Waals surface area contributed by atoms with Crippen molar-refractivity contribution in [1.29, 1.82) is 0 Å². The van der Waals surface area contributed by atoms with Gasteiger partial charge in [-0.3, -0.25) is 14.6 Å². The van der Waals surface area contributed by atoms with Crippen molar-refractivity contribution in [2.75, 3.05) is 44.9 Å². The van der Waals surface area contributed by atoms with E-state index in [4.69, 9.17) is 4.74 Å². The molecule has 5 rings (SSSR count). The Balaban J connectivity index is 1.38. The first-order chi connectivity index (χ1) is 14.6. The number of imide groups is 1. The van der Waals surface area contributed by atoms with E-state index in [1.54, 1.807) is 12.0 Å². The molecule has 0 radical (unpaired) electrons. The number of fused-ring (bicyclic) bond motifs is 1. The van der Waals surface area contributed by atoms with Crippen LogP contribution < -0.4 is 0 Å². The zero-order valence-electron chi connectivity index (χ0n) is 17.7. The fourth-order valence-corrected chi connectivity index (χ4v) is 7.08. The third kappa shape index (κ3) is 3.26. The summed E-state index contributed by atoms with van der Waals surface area (Å²) < 4.78 is 5.30. The predicted molar refractivity (Wildman–Crippen MR) is 118 cm³/mol. The van der Waals surface area contributed by atoms with Crippen LogP contribution in [0.25, 0.3) is 0 Å². The standard InChI is InChI=1S/C23H31N3O3S/c1-29-12-11-25-22(28)26(20-14-17-4-2-3-5-18(17)15-20)21(27)23(25)7-9-24(10-8-23)19-6-13-30-16-19/h2-5,19-20H,6-16H2,1H3. The molecule has 1 spiro atoms. The highest BCUT2D eigenvalue weighted by Gasteiger charge is 2.59. The predicted octanol–water partition coefficient (Wildman–Crippen LogP) is 2.40. The average Bonchev–Trinajstić information content (AvgIpc) is 3.47. The number of piperidine rings is 1. The number of carbonyl (C=O) groups is 2. The molecule has 3 fully saturated rings. The van der Waals surface area contributed by atoms with Crippen molar-refractivity contribution < 1.29 is 14.3 Å². The summed E-state index contributed by atoms with van der Waals surface area (Å²) in [6.45, 7) is 2.73. The fourth-order valence-electron chi connectivity index (χ4n) is 5.83. The summed E-state index contributed by atoms with van der Waals surface area (Å²) in [5.41, 5.74) is 1.84. The highest BCUT2D eigenvalue weighted by atomic mass is 32.2. The lowest BCUT2D eigenvalue weighted by molar-refractivity contribution is -0.137. The van der Waals surface area contributed by atoms with E-state index in [0.29, 0.717) is 19.2 Å². The Morgan fingerprint density at radius 1 is 1.10 bits per heavy atom. The Bertz CT molecular complexity index is 793. The van der Waals surface area contributed by atoms with E-state index >= 15 is 0 Å². The largest absolute Gasteiger partial charge is 0.383 e. The molecule has 3 aliphatic heterocycles. The highest BCUT2D eigenvalue weighted by molar-refractivity contribution is 7.99. The number of rotatable bonds is 5. The summed E-state index contributed by atoms with van der Waals surface area (Å²) in [7, 11) is 1.65. The maximum absolute atomic E-state index is 13.8. The van der Waals surface area contributed by atoms with Crippen molar-refractivity contribution in [2.45, 2.75) is 49.7 Å². The minimum Gasteiger partial charge on any atom is -0.383 e. The van der Waals surface area contributed by atoms with Crippen molar-refractivity contribution in [3.05, 3.63) is 35.4 Å². The number of urea groups is 1. The van der Waals surface area contributed by atoms with Gasteiger partial charge >= 0.3 is 6.03 Å². The van der Waals surface area contributed by atoms with Crippen LogP contribution in [-0.4, -0.2) is 89.1 Å². The SMILES string of the molecule is COCCN1C(=O)N(C2Cc3ccccc3C2)C(=O)C12CCN(C1CCSC1)CC2. The molecule has 1 aliphatic carbocycles. The van der Waals surface area contributed by atoms with Gasteiger partial charge in [0.1, 0.15) is 5.54 Å². The molecule has 7 heteroatoms. The number of ether oxygens (including phenoxy) is 1. The Morgan fingerprint density at radius 2 is 1.80 bits per heavy atom.